The highest BCUT2D eigenvalue weighted by atomic mass is 16.3. The number of rotatable bonds is 4. The van der Waals surface area contributed by atoms with Crippen LogP contribution in [0, 0.1) is 0 Å². The summed E-state index contributed by atoms with van der Waals surface area (Å²) in [6.07, 6.45) is 6.23. The smallest absolute Gasteiger partial charge is 0.257 e. The lowest BCUT2D eigenvalue weighted by Crippen LogP contribution is -2.38. The summed E-state index contributed by atoms with van der Waals surface area (Å²) in [6, 6.07) is 2.16. The molecule has 94 valence electrons. The Labute approximate surface area is 102 Å². The van der Waals surface area contributed by atoms with Gasteiger partial charge in [0.25, 0.3) is 5.91 Å². The van der Waals surface area contributed by atoms with Crippen molar-refractivity contribution in [2.75, 3.05) is 6.54 Å². The predicted octanol–water partition coefficient (Wildman–Crippen LogP) is 2.14. The van der Waals surface area contributed by atoms with Gasteiger partial charge in [-0.25, -0.2) is 0 Å². The zero-order valence-corrected chi connectivity index (χ0v) is 10.3. The average molecular weight is 236 g/mol. The van der Waals surface area contributed by atoms with Gasteiger partial charge in [0.1, 0.15) is 12.0 Å². The van der Waals surface area contributed by atoms with Crippen LogP contribution in [0.15, 0.2) is 16.7 Å². The van der Waals surface area contributed by atoms with Crippen LogP contribution in [0.3, 0.4) is 0 Å². The van der Waals surface area contributed by atoms with Crippen molar-refractivity contribution in [1.29, 1.82) is 0 Å². The van der Waals surface area contributed by atoms with Crippen molar-refractivity contribution in [2.45, 2.75) is 45.2 Å². The normalized spacial score (nSPS) is 16.4. The minimum absolute atomic E-state index is 0.0721. The SMILES string of the molecule is CCN(C(=O)c1coc(CN)c1)C1CCCC1. The Balaban J connectivity index is 2.10. The lowest BCUT2D eigenvalue weighted by atomic mass is 10.1. The Bertz CT molecular complexity index is 381. The second-order valence-corrected chi connectivity index (χ2v) is 4.54. The van der Waals surface area contributed by atoms with E-state index in [9.17, 15) is 4.79 Å². The van der Waals surface area contributed by atoms with Gasteiger partial charge in [0.05, 0.1) is 12.1 Å². The first-order chi connectivity index (χ1) is 8.26. The van der Waals surface area contributed by atoms with Crippen LogP contribution in [0.4, 0.5) is 0 Å². The molecule has 1 aliphatic rings. The van der Waals surface area contributed by atoms with Crippen LogP contribution in [0.5, 0.6) is 0 Å². The quantitative estimate of drug-likeness (QED) is 0.871. The number of amides is 1. The van der Waals surface area contributed by atoms with Gasteiger partial charge in [-0.05, 0) is 25.8 Å². The molecule has 1 saturated carbocycles. The molecule has 0 bridgehead atoms. The molecule has 1 fully saturated rings. The second-order valence-electron chi connectivity index (χ2n) is 4.54. The zero-order chi connectivity index (χ0) is 12.3. The number of nitrogens with two attached hydrogens (primary N) is 1. The molecule has 4 nitrogen and oxygen atoms in total. The van der Waals surface area contributed by atoms with Crippen LogP contribution in [-0.2, 0) is 6.54 Å². The molecule has 1 amide bonds. The standard InChI is InChI=1S/C13H20N2O2/c1-2-15(11-5-3-4-6-11)13(16)10-7-12(8-14)17-9-10/h7,9,11H,2-6,8,14H2,1H3. The summed E-state index contributed by atoms with van der Waals surface area (Å²) >= 11 is 0. The summed E-state index contributed by atoms with van der Waals surface area (Å²) in [5.74, 6) is 0.735. The predicted molar refractivity (Wildman–Crippen MR) is 65.6 cm³/mol. The topological polar surface area (TPSA) is 59.5 Å². The first-order valence-electron chi connectivity index (χ1n) is 6.34. The molecule has 0 unspecified atom stereocenters. The van der Waals surface area contributed by atoms with Gasteiger partial charge in [-0.1, -0.05) is 12.8 Å². The maximum Gasteiger partial charge on any atom is 0.257 e. The minimum Gasteiger partial charge on any atom is -0.467 e. The van der Waals surface area contributed by atoms with Crippen LogP contribution in [0.1, 0.15) is 48.7 Å². The maximum atomic E-state index is 12.3. The summed E-state index contributed by atoms with van der Waals surface area (Å²) in [5, 5.41) is 0. The molecule has 4 heteroatoms. The van der Waals surface area contributed by atoms with E-state index in [0.29, 0.717) is 23.9 Å². The number of carbonyl (C=O) groups is 1. The van der Waals surface area contributed by atoms with Crippen LogP contribution >= 0.6 is 0 Å². The Morgan fingerprint density at radius 1 is 1.53 bits per heavy atom. The molecular formula is C13H20N2O2. The summed E-state index contributed by atoms with van der Waals surface area (Å²) < 4.78 is 5.22. The van der Waals surface area contributed by atoms with Gasteiger partial charge in [-0.3, -0.25) is 4.79 Å². The first-order valence-corrected chi connectivity index (χ1v) is 6.34. The third-order valence-corrected chi connectivity index (χ3v) is 3.47. The Kier molecular flexibility index (Phi) is 3.84. The maximum absolute atomic E-state index is 12.3. The molecule has 1 heterocycles. The highest BCUT2D eigenvalue weighted by Crippen LogP contribution is 2.25. The Morgan fingerprint density at radius 2 is 2.24 bits per heavy atom. The summed E-state index contributed by atoms with van der Waals surface area (Å²) in [4.78, 5) is 14.3. The average Bonchev–Trinajstić information content (AvgIpc) is 3.00. The number of hydrogen-bond acceptors (Lipinski definition) is 3. The van der Waals surface area contributed by atoms with E-state index in [1.807, 2.05) is 11.8 Å². The van der Waals surface area contributed by atoms with E-state index in [1.54, 1.807) is 6.07 Å². The van der Waals surface area contributed by atoms with Crippen molar-refractivity contribution < 1.29 is 9.21 Å². The third kappa shape index (κ3) is 2.52. The fourth-order valence-electron chi connectivity index (χ4n) is 2.55. The van der Waals surface area contributed by atoms with Crippen molar-refractivity contribution in [3.8, 4) is 0 Å². The monoisotopic (exact) mass is 236 g/mol. The van der Waals surface area contributed by atoms with Gasteiger partial charge < -0.3 is 15.1 Å². The zero-order valence-electron chi connectivity index (χ0n) is 10.3. The van der Waals surface area contributed by atoms with Crippen molar-refractivity contribution in [1.82, 2.24) is 4.90 Å². The van der Waals surface area contributed by atoms with Crippen molar-refractivity contribution >= 4 is 5.91 Å². The fourth-order valence-corrected chi connectivity index (χ4v) is 2.55. The molecule has 0 atom stereocenters. The molecule has 0 spiro atoms. The number of nitrogens with zero attached hydrogens (tertiary/aromatic N) is 1. The van der Waals surface area contributed by atoms with Crippen LogP contribution in [0.25, 0.3) is 0 Å². The number of carbonyl (C=O) groups excluding carboxylic acids is 1. The van der Waals surface area contributed by atoms with Crippen LogP contribution in [0.2, 0.25) is 0 Å². The summed E-state index contributed by atoms with van der Waals surface area (Å²) in [7, 11) is 0. The molecule has 2 N–H and O–H groups in total. The van der Waals surface area contributed by atoms with Gasteiger partial charge >= 0.3 is 0 Å². The van der Waals surface area contributed by atoms with E-state index in [1.165, 1.54) is 19.1 Å². The molecule has 0 radical (unpaired) electrons. The Morgan fingerprint density at radius 3 is 2.76 bits per heavy atom. The molecule has 0 saturated heterocycles. The van der Waals surface area contributed by atoms with Gasteiger partial charge in [-0.2, -0.15) is 0 Å². The van der Waals surface area contributed by atoms with Gasteiger partial charge in [-0.15, -0.1) is 0 Å². The molecule has 1 aromatic rings. The molecule has 17 heavy (non-hydrogen) atoms. The van der Waals surface area contributed by atoms with Crippen LogP contribution < -0.4 is 5.73 Å². The third-order valence-electron chi connectivity index (χ3n) is 3.47. The van der Waals surface area contributed by atoms with Gasteiger partial charge in [0.15, 0.2) is 0 Å². The Hall–Kier alpha value is -1.29. The van der Waals surface area contributed by atoms with Crippen molar-refractivity contribution in [2.24, 2.45) is 5.73 Å². The van der Waals surface area contributed by atoms with E-state index in [2.05, 4.69) is 0 Å². The lowest BCUT2D eigenvalue weighted by Gasteiger charge is -2.27. The fraction of sp³-hybridized carbons (Fsp3) is 0.615. The largest absolute Gasteiger partial charge is 0.467 e. The van der Waals surface area contributed by atoms with E-state index in [-0.39, 0.29) is 5.91 Å². The highest BCUT2D eigenvalue weighted by molar-refractivity contribution is 5.94. The lowest BCUT2D eigenvalue weighted by molar-refractivity contribution is 0.0693. The van der Waals surface area contributed by atoms with E-state index >= 15 is 0 Å². The molecule has 1 aromatic heterocycles. The molecule has 0 aromatic carbocycles. The molecular weight excluding hydrogens is 216 g/mol. The summed E-state index contributed by atoms with van der Waals surface area (Å²) in [5.41, 5.74) is 6.10. The van der Waals surface area contributed by atoms with E-state index in [4.69, 9.17) is 10.2 Å². The van der Waals surface area contributed by atoms with Crippen LogP contribution in [-0.4, -0.2) is 23.4 Å². The second kappa shape index (κ2) is 5.36. The number of furan rings is 1. The van der Waals surface area contributed by atoms with Gasteiger partial charge in [0.2, 0.25) is 0 Å². The van der Waals surface area contributed by atoms with E-state index in [0.717, 1.165) is 19.4 Å². The highest BCUT2D eigenvalue weighted by Gasteiger charge is 2.26. The van der Waals surface area contributed by atoms with Crippen molar-refractivity contribution in [3.05, 3.63) is 23.7 Å². The first kappa shape index (κ1) is 12.2. The van der Waals surface area contributed by atoms with E-state index < -0.39 is 0 Å². The summed E-state index contributed by atoms with van der Waals surface area (Å²) in [6.45, 7) is 3.12. The molecule has 2 rings (SSSR count). The van der Waals surface area contributed by atoms with Gasteiger partial charge in [0, 0.05) is 12.6 Å². The molecule has 0 aliphatic heterocycles. The van der Waals surface area contributed by atoms with Crippen molar-refractivity contribution in [3.63, 3.8) is 0 Å². The molecule has 1 aliphatic carbocycles. The minimum atomic E-state index is 0.0721. The number of hydrogen-bond donors (Lipinski definition) is 1.